The molecule has 2 aliphatic heterocycles. The smallest absolute Gasteiger partial charge is 0.363 e. The van der Waals surface area contributed by atoms with Gasteiger partial charge in [-0.05, 0) is 48.0 Å². The second-order valence-corrected chi connectivity index (χ2v) is 7.04. The van der Waals surface area contributed by atoms with Crippen molar-refractivity contribution in [2.24, 2.45) is 4.99 Å². The topological polar surface area (TPSA) is 86.7 Å². The molecular formula is C23H21FN2O6. The first kappa shape index (κ1) is 21.5. The standard InChI is InChI=1S/C23H21FN2O6/c1-29-20-13-15(2-7-19(20)31-14-21(27)26-8-10-30-11-9-26)12-18-23(28)32-22(25-18)16-3-5-17(24)6-4-16/h2-7,12-13H,8-11,14H2,1H3/b18-12-. The van der Waals surface area contributed by atoms with Crippen LogP contribution in [-0.4, -0.2) is 62.7 Å². The van der Waals surface area contributed by atoms with E-state index in [1.54, 1.807) is 29.2 Å². The van der Waals surface area contributed by atoms with Gasteiger partial charge in [0, 0.05) is 18.7 Å². The summed E-state index contributed by atoms with van der Waals surface area (Å²) in [7, 11) is 1.48. The van der Waals surface area contributed by atoms with E-state index < -0.39 is 11.8 Å². The minimum atomic E-state index is -0.611. The molecule has 166 valence electrons. The molecule has 0 aromatic heterocycles. The van der Waals surface area contributed by atoms with Gasteiger partial charge in [0.2, 0.25) is 5.90 Å². The average Bonchev–Trinajstić information content (AvgIpc) is 3.18. The second kappa shape index (κ2) is 9.61. The Morgan fingerprint density at radius 3 is 2.62 bits per heavy atom. The summed E-state index contributed by atoms with van der Waals surface area (Å²) in [6.45, 7) is 2.01. The molecule has 2 heterocycles. The third-order valence-electron chi connectivity index (χ3n) is 4.92. The van der Waals surface area contributed by atoms with Gasteiger partial charge in [-0.1, -0.05) is 6.07 Å². The molecule has 0 spiro atoms. The number of halogens is 1. The maximum absolute atomic E-state index is 13.1. The van der Waals surface area contributed by atoms with E-state index in [-0.39, 0.29) is 24.1 Å². The van der Waals surface area contributed by atoms with Crippen LogP contribution in [-0.2, 0) is 19.1 Å². The highest BCUT2D eigenvalue weighted by Gasteiger charge is 2.24. The minimum absolute atomic E-state index is 0.0996. The Morgan fingerprint density at radius 1 is 1.16 bits per heavy atom. The molecule has 0 bridgehead atoms. The molecule has 0 radical (unpaired) electrons. The number of hydrogen-bond donors (Lipinski definition) is 0. The lowest BCUT2D eigenvalue weighted by Gasteiger charge is -2.26. The van der Waals surface area contributed by atoms with Crippen LogP contribution < -0.4 is 9.47 Å². The van der Waals surface area contributed by atoms with Crippen LogP contribution in [0, 0.1) is 5.82 Å². The maximum Gasteiger partial charge on any atom is 0.363 e. The summed E-state index contributed by atoms with van der Waals surface area (Å²) in [5.41, 5.74) is 1.22. The highest BCUT2D eigenvalue weighted by molar-refractivity contribution is 6.12. The van der Waals surface area contributed by atoms with Gasteiger partial charge < -0.3 is 23.8 Å². The van der Waals surface area contributed by atoms with Crippen molar-refractivity contribution in [2.75, 3.05) is 40.0 Å². The lowest BCUT2D eigenvalue weighted by molar-refractivity contribution is -0.137. The third kappa shape index (κ3) is 4.94. The van der Waals surface area contributed by atoms with Gasteiger partial charge >= 0.3 is 5.97 Å². The molecule has 2 aromatic carbocycles. The first-order valence-electron chi connectivity index (χ1n) is 9.98. The Balaban J connectivity index is 1.47. The largest absolute Gasteiger partial charge is 0.493 e. The predicted molar refractivity (Wildman–Crippen MR) is 113 cm³/mol. The Hall–Kier alpha value is -3.72. The SMILES string of the molecule is COc1cc(/C=C2\N=C(c3ccc(F)cc3)OC2=O)ccc1OCC(=O)N1CCOCC1. The molecule has 0 unspecified atom stereocenters. The number of cyclic esters (lactones) is 1. The van der Waals surface area contributed by atoms with E-state index in [1.165, 1.54) is 31.4 Å². The zero-order chi connectivity index (χ0) is 22.5. The number of rotatable bonds is 6. The van der Waals surface area contributed by atoms with Crippen LogP contribution in [0.15, 0.2) is 53.2 Å². The number of carbonyl (C=O) groups excluding carboxylic acids is 2. The van der Waals surface area contributed by atoms with Gasteiger partial charge in [0.15, 0.2) is 23.8 Å². The summed E-state index contributed by atoms with van der Waals surface area (Å²) in [4.78, 5) is 30.4. The minimum Gasteiger partial charge on any atom is -0.493 e. The average molecular weight is 440 g/mol. The lowest BCUT2D eigenvalue weighted by Crippen LogP contribution is -2.43. The number of benzene rings is 2. The number of aliphatic imine (C=N–C) groups is 1. The van der Waals surface area contributed by atoms with Crippen LogP contribution >= 0.6 is 0 Å². The molecule has 0 N–H and O–H groups in total. The van der Waals surface area contributed by atoms with Gasteiger partial charge in [-0.2, -0.15) is 0 Å². The van der Waals surface area contributed by atoms with Gasteiger partial charge in [0.1, 0.15) is 5.82 Å². The van der Waals surface area contributed by atoms with Crippen LogP contribution in [0.2, 0.25) is 0 Å². The normalized spacial score (nSPS) is 17.2. The number of esters is 1. The van der Waals surface area contributed by atoms with Gasteiger partial charge in [-0.15, -0.1) is 0 Å². The molecule has 0 saturated carbocycles. The number of hydrogen-bond acceptors (Lipinski definition) is 7. The van der Waals surface area contributed by atoms with Crippen molar-refractivity contribution in [2.45, 2.75) is 0 Å². The van der Waals surface area contributed by atoms with Crippen LogP contribution in [0.1, 0.15) is 11.1 Å². The van der Waals surface area contributed by atoms with E-state index in [0.717, 1.165) is 0 Å². The molecule has 2 aliphatic rings. The van der Waals surface area contributed by atoms with Crippen molar-refractivity contribution in [3.63, 3.8) is 0 Å². The zero-order valence-electron chi connectivity index (χ0n) is 17.4. The fraction of sp³-hybridized carbons (Fsp3) is 0.261. The fourth-order valence-electron chi connectivity index (χ4n) is 3.22. The molecule has 2 aromatic rings. The second-order valence-electron chi connectivity index (χ2n) is 7.04. The molecular weight excluding hydrogens is 419 g/mol. The summed E-state index contributed by atoms with van der Waals surface area (Å²) in [6.07, 6.45) is 1.55. The Labute approximate surface area is 183 Å². The molecule has 0 aliphatic carbocycles. The van der Waals surface area contributed by atoms with Crippen molar-refractivity contribution >= 4 is 23.9 Å². The number of carbonyl (C=O) groups is 2. The van der Waals surface area contributed by atoms with Crippen LogP contribution in [0.5, 0.6) is 11.5 Å². The molecule has 8 nitrogen and oxygen atoms in total. The van der Waals surface area contributed by atoms with Crippen molar-refractivity contribution in [1.29, 1.82) is 0 Å². The number of nitrogens with zero attached hydrogens (tertiary/aromatic N) is 2. The molecule has 0 atom stereocenters. The molecule has 4 rings (SSSR count). The van der Waals surface area contributed by atoms with Gasteiger partial charge in [0.05, 0.1) is 20.3 Å². The van der Waals surface area contributed by atoms with E-state index in [9.17, 15) is 14.0 Å². The van der Waals surface area contributed by atoms with Crippen LogP contribution in [0.4, 0.5) is 4.39 Å². The third-order valence-corrected chi connectivity index (χ3v) is 4.92. The van der Waals surface area contributed by atoms with E-state index in [4.69, 9.17) is 18.9 Å². The lowest BCUT2D eigenvalue weighted by atomic mass is 10.1. The highest BCUT2D eigenvalue weighted by atomic mass is 19.1. The van der Waals surface area contributed by atoms with Crippen molar-refractivity contribution < 1.29 is 32.9 Å². The first-order chi connectivity index (χ1) is 15.5. The van der Waals surface area contributed by atoms with Crippen molar-refractivity contribution in [3.05, 3.63) is 65.1 Å². The molecule has 1 amide bonds. The molecule has 1 fully saturated rings. The maximum atomic E-state index is 13.1. The predicted octanol–water partition coefficient (Wildman–Crippen LogP) is 2.42. The van der Waals surface area contributed by atoms with Gasteiger partial charge in [-0.25, -0.2) is 14.2 Å². The van der Waals surface area contributed by atoms with Gasteiger partial charge in [-0.3, -0.25) is 4.79 Å². The van der Waals surface area contributed by atoms with E-state index in [0.29, 0.717) is 48.9 Å². The van der Waals surface area contributed by atoms with E-state index in [2.05, 4.69) is 4.99 Å². The summed E-state index contributed by atoms with van der Waals surface area (Å²) >= 11 is 0. The van der Waals surface area contributed by atoms with E-state index >= 15 is 0 Å². The number of morpholine rings is 1. The van der Waals surface area contributed by atoms with E-state index in [1.807, 2.05) is 0 Å². The van der Waals surface area contributed by atoms with Crippen LogP contribution in [0.3, 0.4) is 0 Å². The van der Waals surface area contributed by atoms with Gasteiger partial charge in [0.25, 0.3) is 5.91 Å². The fourth-order valence-corrected chi connectivity index (χ4v) is 3.22. The Bertz CT molecular complexity index is 1070. The summed E-state index contributed by atoms with van der Waals surface area (Å²) in [6, 6.07) is 10.5. The highest BCUT2D eigenvalue weighted by Crippen LogP contribution is 2.30. The number of methoxy groups -OCH3 is 1. The Kier molecular flexibility index (Phi) is 6.46. The summed E-state index contributed by atoms with van der Waals surface area (Å²) in [5.74, 6) is -0.216. The molecule has 9 heteroatoms. The summed E-state index contributed by atoms with van der Waals surface area (Å²) in [5, 5.41) is 0. The first-order valence-corrected chi connectivity index (χ1v) is 9.98. The van der Waals surface area contributed by atoms with Crippen molar-refractivity contribution in [3.8, 4) is 11.5 Å². The quantitative estimate of drug-likeness (QED) is 0.507. The van der Waals surface area contributed by atoms with Crippen molar-refractivity contribution in [1.82, 2.24) is 4.90 Å². The van der Waals surface area contributed by atoms with Crippen LogP contribution in [0.25, 0.3) is 6.08 Å². The molecule has 32 heavy (non-hydrogen) atoms. The number of amides is 1. The molecule has 1 saturated heterocycles. The summed E-state index contributed by atoms with van der Waals surface area (Å²) < 4.78 is 34.6. The Morgan fingerprint density at radius 2 is 1.91 bits per heavy atom. The number of ether oxygens (including phenoxy) is 4. The zero-order valence-corrected chi connectivity index (χ0v) is 17.4. The monoisotopic (exact) mass is 440 g/mol.